The summed E-state index contributed by atoms with van der Waals surface area (Å²) in [5.41, 5.74) is 8.98. The molecule has 1 heterocycles. The zero-order valence-electron chi connectivity index (χ0n) is 11.2. The number of benzene rings is 2. The second-order valence-corrected chi connectivity index (χ2v) is 5.17. The van der Waals surface area contributed by atoms with Gasteiger partial charge in [-0.3, -0.25) is 4.79 Å². The molecule has 20 heavy (non-hydrogen) atoms. The summed E-state index contributed by atoms with van der Waals surface area (Å²) in [6.07, 6.45) is 0.797. The van der Waals surface area contributed by atoms with E-state index in [0.717, 1.165) is 17.7 Å². The van der Waals surface area contributed by atoms with Gasteiger partial charge < -0.3 is 15.7 Å². The number of nitrogens with two attached hydrogens (primary N) is 1. The van der Waals surface area contributed by atoms with Crippen LogP contribution >= 0.6 is 0 Å². The summed E-state index contributed by atoms with van der Waals surface area (Å²) < 4.78 is 0. The van der Waals surface area contributed by atoms with Crippen LogP contribution < -0.4 is 10.6 Å². The van der Waals surface area contributed by atoms with Gasteiger partial charge in [0, 0.05) is 23.0 Å². The van der Waals surface area contributed by atoms with Gasteiger partial charge in [-0.15, -0.1) is 0 Å². The van der Waals surface area contributed by atoms with Gasteiger partial charge in [-0.05, 0) is 55.3 Å². The summed E-state index contributed by atoms with van der Waals surface area (Å²) in [4.78, 5) is 14.4. The maximum absolute atomic E-state index is 12.6. The Balaban J connectivity index is 2.01. The van der Waals surface area contributed by atoms with Gasteiger partial charge in [0.2, 0.25) is 0 Å². The minimum atomic E-state index is -0.100. The van der Waals surface area contributed by atoms with Gasteiger partial charge in [-0.2, -0.15) is 0 Å². The number of aromatic hydroxyl groups is 1. The Bertz CT molecular complexity index is 682. The topological polar surface area (TPSA) is 66.6 Å². The number of amides is 1. The minimum Gasteiger partial charge on any atom is -0.508 e. The van der Waals surface area contributed by atoms with Crippen molar-refractivity contribution in [3.05, 3.63) is 53.6 Å². The number of fused-ring (bicyclic) bond motifs is 1. The van der Waals surface area contributed by atoms with Crippen molar-refractivity contribution in [2.45, 2.75) is 19.4 Å². The number of nitrogen functional groups attached to an aromatic ring is 1. The van der Waals surface area contributed by atoms with E-state index in [2.05, 4.69) is 0 Å². The van der Waals surface area contributed by atoms with Crippen molar-refractivity contribution >= 4 is 17.3 Å². The molecule has 1 aliphatic heterocycles. The molecule has 3 N–H and O–H groups in total. The first-order valence-corrected chi connectivity index (χ1v) is 6.57. The number of carbonyl (C=O) groups is 1. The van der Waals surface area contributed by atoms with Crippen LogP contribution in [0.3, 0.4) is 0 Å². The molecular formula is C16H16N2O2. The molecule has 1 aliphatic rings. The Hall–Kier alpha value is -2.49. The van der Waals surface area contributed by atoms with E-state index < -0.39 is 0 Å². The van der Waals surface area contributed by atoms with Crippen molar-refractivity contribution in [3.63, 3.8) is 0 Å². The van der Waals surface area contributed by atoms with Crippen molar-refractivity contribution < 1.29 is 9.90 Å². The fourth-order valence-corrected chi connectivity index (χ4v) is 2.74. The van der Waals surface area contributed by atoms with E-state index in [-0.39, 0.29) is 17.7 Å². The third-order valence-corrected chi connectivity index (χ3v) is 3.63. The first-order valence-electron chi connectivity index (χ1n) is 6.57. The third kappa shape index (κ3) is 1.99. The molecule has 0 fully saturated rings. The number of hydrogen-bond donors (Lipinski definition) is 2. The molecule has 0 spiro atoms. The smallest absolute Gasteiger partial charge is 0.258 e. The molecule has 4 heteroatoms. The average Bonchev–Trinajstić information content (AvgIpc) is 2.73. The number of nitrogens with zero attached hydrogens (tertiary/aromatic N) is 1. The van der Waals surface area contributed by atoms with Gasteiger partial charge >= 0.3 is 0 Å². The Morgan fingerprint density at radius 2 is 2.10 bits per heavy atom. The van der Waals surface area contributed by atoms with Gasteiger partial charge in [-0.1, -0.05) is 6.07 Å². The third-order valence-electron chi connectivity index (χ3n) is 3.63. The lowest BCUT2D eigenvalue weighted by molar-refractivity contribution is 0.0981. The highest BCUT2D eigenvalue weighted by Crippen LogP contribution is 2.34. The van der Waals surface area contributed by atoms with E-state index in [9.17, 15) is 9.90 Å². The SMILES string of the molecule is CC1Cc2cc(N)ccc2N1C(=O)c1cccc(O)c1. The van der Waals surface area contributed by atoms with Crippen LogP contribution in [0.15, 0.2) is 42.5 Å². The molecule has 4 nitrogen and oxygen atoms in total. The number of phenols is 1. The van der Waals surface area contributed by atoms with Crippen molar-refractivity contribution in [2.75, 3.05) is 10.6 Å². The molecule has 0 radical (unpaired) electrons. The van der Waals surface area contributed by atoms with Crippen LogP contribution in [0.1, 0.15) is 22.8 Å². The number of rotatable bonds is 1. The first kappa shape index (κ1) is 12.5. The highest BCUT2D eigenvalue weighted by Gasteiger charge is 2.31. The molecule has 0 bridgehead atoms. The number of phenolic OH excluding ortho intramolecular Hbond substituents is 1. The molecule has 1 unspecified atom stereocenters. The van der Waals surface area contributed by atoms with E-state index in [0.29, 0.717) is 11.3 Å². The van der Waals surface area contributed by atoms with E-state index >= 15 is 0 Å². The molecule has 0 aliphatic carbocycles. The lowest BCUT2D eigenvalue weighted by Crippen LogP contribution is -2.35. The van der Waals surface area contributed by atoms with E-state index in [1.54, 1.807) is 29.2 Å². The molecular weight excluding hydrogens is 252 g/mol. The Morgan fingerprint density at radius 3 is 2.85 bits per heavy atom. The van der Waals surface area contributed by atoms with Crippen molar-refractivity contribution in [3.8, 4) is 5.75 Å². The highest BCUT2D eigenvalue weighted by molar-refractivity contribution is 6.08. The van der Waals surface area contributed by atoms with Gasteiger partial charge in [0.1, 0.15) is 5.75 Å². The maximum atomic E-state index is 12.6. The Morgan fingerprint density at radius 1 is 1.30 bits per heavy atom. The second-order valence-electron chi connectivity index (χ2n) is 5.17. The van der Waals surface area contributed by atoms with Gasteiger partial charge in [-0.25, -0.2) is 0 Å². The number of carbonyl (C=O) groups excluding carboxylic acids is 1. The van der Waals surface area contributed by atoms with Crippen LogP contribution in [-0.2, 0) is 6.42 Å². The predicted molar refractivity (Wildman–Crippen MR) is 78.9 cm³/mol. The van der Waals surface area contributed by atoms with Crippen LogP contribution in [0.5, 0.6) is 5.75 Å². The van der Waals surface area contributed by atoms with Crippen LogP contribution in [0.4, 0.5) is 11.4 Å². The number of anilines is 2. The van der Waals surface area contributed by atoms with E-state index in [4.69, 9.17) is 5.73 Å². The molecule has 1 atom stereocenters. The van der Waals surface area contributed by atoms with Crippen molar-refractivity contribution in [1.82, 2.24) is 0 Å². The standard InChI is InChI=1S/C16H16N2O2/c1-10-7-12-8-13(17)5-6-15(12)18(10)16(20)11-3-2-4-14(19)9-11/h2-6,8-10,19H,7,17H2,1H3. The fourth-order valence-electron chi connectivity index (χ4n) is 2.74. The van der Waals surface area contributed by atoms with Crippen molar-refractivity contribution in [1.29, 1.82) is 0 Å². The van der Waals surface area contributed by atoms with Gasteiger partial charge in [0.25, 0.3) is 5.91 Å². The lowest BCUT2D eigenvalue weighted by atomic mass is 10.1. The summed E-state index contributed by atoms with van der Waals surface area (Å²) in [5, 5.41) is 9.52. The van der Waals surface area contributed by atoms with Crippen LogP contribution in [0, 0.1) is 0 Å². The molecule has 2 aromatic carbocycles. The quantitative estimate of drug-likeness (QED) is 0.781. The lowest BCUT2D eigenvalue weighted by Gasteiger charge is -2.23. The average molecular weight is 268 g/mol. The first-order chi connectivity index (χ1) is 9.56. The van der Waals surface area contributed by atoms with Crippen LogP contribution in [-0.4, -0.2) is 17.1 Å². The zero-order valence-corrected chi connectivity index (χ0v) is 11.2. The Kier molecular flexibility index (Phi) is 2.86. The molecule has 102 valence electrons. The summed E-state index contributed by atoms with van der Waals surface area (Å²) >= 11 is 0. The molecule has 0 saturated heterocycles. The Labute approximate surface area is 117 Å². The van der Waals surface area contributed by atoms with E-state index in [1.165, 1.54) is 6.07 Å². The summed E-state index contributed by atoms with van der Waals surface area (Å²) in [5.74, 6) is -0.00264. The molecule has 3 rings (SSSR count). The minimum absolute atomic E-state index is 0.0849. The zero-order chi connectivity index (χ0) is 14.3. The number of hydrogen-bond acceptors (Lipinski definition) is 3. The second kappa shape index (κ2) is 4.56. The summed E-state index contributed by atoms with van der Waals surface area (Å²) in [7, 11) is 0. The van der Waals surface area contributed by atoms with Crippen molar-refractivity contribution in [2.24, 2.45) is 0 Å². The molecule has 0 saturated carbocycles. The molecule has 2 aromatic rings. The monoisotopic (exact) mass is 268 g/mol. The normalized spacial score (nSPS) is 17.1. The van der Waals surface area contributed by atoms with Gasteiger partial charge in [0.05, 0.1) is 0 Å². The highest BCUT2D eigenvalue weighted by atomic mass is 16.3. The van der Waals surface area contributed by atoms with Crippen LogP contribution in [0.2, 0.25) is 0 Å². The van der Waals surface area contributed by atoms with Gasteiger partial charge in [0.15, 0.2) is 0 Å². The summed E-state index contributed by atoms with van der Waals surface area (Å²) in [6, 6.07) is 12.1. The van der Waals surface area contributed by atoms with Crippen LogP contribution in [0.25, 0.3) is 0 Å². The maximum Gasteiger partial charge on any atom is 0.258 e. The largest absolute Gasteiger partial charge is 0.508 e. The molecule has 0 aromatic heterocycles. The predicted octanol–water partition coefficient (Wildman–Crippen LogP) is 2.57. The van der Waals surface area contributed by atoms with E-state index in [1.807, 2.05) is 19.1 Å². The summed E-state index contributed by atoms with van der Waals surface area (Å²) in [6.45, 7) is 2.01. The fraction of sp³-hybridized carbons (Fsp3) is 0.188. The molecule has 1 amide bonds.